The Labute approximate surface area is 124 Å². The first-order chi connectivity index (χ1) is 9.15. The summed E-state index contributed by atoms with van der Waals surface area (Å²) in [5.74, 6) is 2.37. The maximum atomic E-state index is 5.87. The van der Waals surface area contributed by atoms with Gasteiger partial charge in [0.15, 0.2) is 5.82 Å². The lowest BCUT2D eigenvalue weighted by atomic mass is 10.3. The quantitative estimate of drug-likeness (QED) is 0.912. The van der Waals surface area contributed by atoms with E-state index in [9.17, 15) is 0 Å². The number of rotatable bonds is 2. The predicted octanol–water partition coefficient (Wildman–Crippen LogP) is 3.68. The molecule has 0 saturated carbocycles. The maximum Gasteiger partial charge on any atom is 0.270 e. The van der Waals surface area contributed by atoms with Crippen LogP contribution in [0.4, 0.5) is 5.69 Å². The van der Waals surface area contributed by atoms with Gasteiger partial charge in [0.2, 0.25) is 0 Å². The van der Waals surface area contributed by atoms with Crippen molar-refractivity contribution in [1.82, 2.24) is 10.1 Å². The highest BCUT2D eigenvalue weighted by Crippen LogP contribution is 2.44. The molecule has 1 aliphatic rings. The van der Waals surface area contributed by atoms with Crippen LogP contribution in [0.2, 0.25) is 0 Å². The van der Waals surface area contributed by atoms with E-state index in [2.05, 4.69) is 24.0 Å². The van der Waals surface area contributed by atoms with Gasteiger partial charge in [0.05, 0.1) is 10.9 Å². The Bertz CT molecular complexity index is 568. The van der Waals surface area contributed by atoms with E-state index in [4.69, 9.17) is 10.3 Å². The van der Waals surface area contributed by atoms with Crippen LogP contribution in [0.15, 0.2) is 16.0 Å². The second kappa shape index (κ2) is 5.38. The van der Waals surface area contributed by atoms with Gasteiger partial charge in [-0.25, -0.2) is 0 Å². The van der Waals surface area contributed by atoms with Crippen molar-refractivity contribution < 1.29 is 4.52 Å². The minimum absolute atomic E-state index is 0.315. The molecule has 2 N–H and O–H groups in total. The minimum atomic E-state index is 0.315. The Balaban J connectivity index is 1.80. The molecule has 0 radical (unpaired) electrons. The highest BCUT2D eigenvalue weighted by Gasteiger charge is 2.30. The lowest BCUT2D eigenvalue weighted by molar-refractivity contribution is 0.424. The second-order valence-corrected chi connectivity index (χ2v) is 8.44. The number of nitrogens with zero attached hydrogens (tertiary/aromatic N) is 2. The molecule has 3 rings (SSSR count). The van der Waals surface area contributed by atoms with Crippen LogP contribution >= 0.6 is 34.9 Å². The van der Waals surface area contributed by atoms with Gasteiger partial charge in [-0.2, -0.15) is 16.7 Å². The second-order valence-electron chi connectivity index (χ2n) is 4.53. The Morgan fingerprint density at radius 1 is 1.37 bits per heavy atom. The van der Waals surface area contributed by atoms with Crippen molar-refractivity contribution in [1.29, 1.82) is 0 Å². The van der Waals surface area contributed by atoms with Gasteiger partial charge in [-0.3, -0.25) is 0 Å². The average molecular weight is 313 g/mol. The number of hydrogen-bond donors (Lipinski definition) is 1. The summed E-state index contributed by atoms with van der Waals surface area (Å²) in [4.78, 5) is 5.38. The highest BCUT2D eigenvalue weighted by atomic mass is 32.2. The predicted molar refractivity (Wildman–Crippen MR) is 83.7 cm³/mol. The molecule has 0 aromatic carbocycles. The molecule has 3 atom stereocenters. The summed E-state index contributed by atoms with van der Waals surface area (Å²) in [5, 5.41) is 7.67. The Hall–Kier alpha value is -0.660. The molecule has 0 aliphatic carbocycles. The van der Waals surface area contributed by atoms with E-state index in [1.807, 2.05) is 35.0 Å². The molecular weight excluding hydrogens is 298 g/mol. The lowest BCUT2D eigenvalue weighted by Gasteiger charge is -2.29. The summed E-state index contributed by atoms with van der Waals surface area (Å²) in [6.45, 7) is 4.53. The summed E-state index contributed by atoms with van der Waals surface area (Å²) in [5.41, 5.74) is 6.58. The number of hydrogen-bond acceptors (Lipinski definition) is 7. The van der Waals surface area contributed by atoms with Gasteiger partial charge in [0, 0.05) is 16.3 Å². The van der Waals surface area contributed by atoms with Crippen LogP contribution in [-0.4, -0.2) is 26.4 Å². The van der Waals surface area contributed by atoms with Crippen LogP contribution in [0.5, 0.6) is 0 Å². The number of nitrogens with two attached hydrogens (primary N) is 1. The third-order valence-corrected chi connectivity index (χ3v) is 7.47. The first-order valence-electron chi connectivity index (χ1n) is 6.09. The van der Waals surface area contributed by atoms with Crippen LogP contribution in [0, 0.1) is 0 Å². The number of aromatic nitrogens is 2. The number of thiophene rings is 1. The zero-order valence-corrected chi connectivity index (χ0v) is 13.1. The van der Waals surface area contributed by atoms with Crippen molar-refractivity contribution in [2.75, 3.05) is 11.5 Å². The van der Waals surface area contributed by atoms with Gasteiger partial charge in [-0.15, -0.1) is 23.1 Å². The van der Waals surface area contributed by atoms with E-state index in [1.165, 1.54) is 11.3 Å². The van der Waals surface area contributed by atoms with Crippen LogP contribution in [-0.2, 0) is 0 Å². The molecule has 102 valence electrons. The van der Waals surface area contributed by atoms with Gasteiger partial charge < -0.3 is 10.3 Å². The molecule has 2 aromatic rings. The summed E-state index contributed by atoms with van der Waals surface area (Å²) < 4.78 is 5.35. The number of nitrogen functional groups attached to an aromatic ring is 1. The van der Waals surface area contributed by atoms with Crippen LogP contribution in [0.3, 0.4) is 0 Å². The van der Waals surface area contributed by atoms with Gasteiger partial charge in [0.25, 0.3) is 5.89 Å². The molecule has 7 heteroatoms. The Morgan fingerprint density at radius 3 is 2.89 bits per heavy atom. The fourth-order valence-corrected chi connectivity index (χ4v) is 5.44. The molecule has 0 spiro atoms. The lowest BCUT2D eigenvalue weighted by Crippen LogP contribution is -2.22. The average Bonchev–Trinajstić information content (AvgIpc) is 3.01. The van der Waals surface area contributed by atoms with Crippen molar-refractivity contribution in [3.8, 4) is 10.8 Å². The third kappa shape index (κ3) is 2.64. The molecule has 1 aliphatic heterocycles. The molecule has 19 heavy (non-hydrogen) atoms. The van der Waals surface area contributed by atoms with Crippen molar-refractivity contribution in [2.24, 2.45) is 0 Å². The van der Waals surface area contributed by atoms with E-state index in [0.717, 1.165) is 16.5 Å². The zero-order valence-electron chi connectivity index (χ0n) is 10.7. The normalized spacial score (nSPS) is 27.6. The SMILES string of the molecule is CC1SCC(c2noc(-c3sccc3N)n2)SC1C. The molecule has 4 nitrogen and oxygen atoms in total. The van der Waals surface area contributed by atoms with E-state index in [-0.39, 0.29) is 0 Å². The van der Waals surface area contributed by atoms with E-state index >= 15 is 0 Å². The Morgan fingerprint density at radius 2 is 2.21 bits per heavy atom. The molecule has 2 aromatic heterocycles. The van der Waals surface area contributed by atoms with Gasteiger partial charge in [-0.05, 0) is 11.4 Å². The fourth-order valence-electron chi connectivity index (χ4n) is 1.87. The molecule has 1 fully saturated rings. The Kier molecular flexibility index (Phi) is 3.77. The zero-order chi connectivity index (χ0) is 13.4. The summed E-state index contributed by atoms with van der Waals surface area (Å²) in [6, 6.07) is 1.86. The minimum Gasteiger partial charge on any atom is -0.397 e. The van der Waals surface area contributed by atoms with Crippen molar-refractivity contribution in [3.63, 3.8) is 0 Å². The van der Waals surface area contributed by atoms with Gasteiger partial charge in [0.1, 0.15) is 4.88 Å². The molecule has 0 amide bonds. The first kappa shape index (κ1) is 13.3. The first-order valence-corrected chi connectivity index (χ1v) is 8.96. The third-order valence-electron chi connectivity index (χ3n) is 3.17. The van der Waals surface area contributed by atoms with E-state index in [1.54, 1.807) is 0 Å². The molecular formula is C12H15N3OS3. The van der Waals surface area contributed by atoms with Crippen LogP contribution in [0.1, 0.15) is 24.9 Å². The standard InChI is InChI=1S/C12H15N3OS3/c1-6-7(2)19-9(5-18-6)11-14-12(16-15-11)10-8(13)3-4-17-10/h3-4,6-7,9H,5,13H2,1-2H3. The van der Waals surface area contributed by atoms with Crippen molar-refractivity contribution in [2.45, 2.75) is 29.6 Å². The van der Waals surface area contributed by atoms with E-state index in [0.29, 0.717) is 27.3 Å². The highest BCUT2D eigenvalue weighted by molar-refractivity contribution is 8.07. The van der Waals surface area contributed by atoms with Crippen molar-refractivity contribution in [3.05, 3.63) is 17.3 Å². The molecule has 3 heterocycles. The number of anilines is 1. The molecule has 3 unspecified atom stereocenters. The molecule has 0 bridgehead atoms. The monoisotopic (exact) mass is 313 g/mol. The van der Waals surface area contributed by atoms with E-state index < -0.39 is 0 Å². The summed E-state index contributed by atoms with van der Waals surface area (Å²) in [7, 11) is 0. The fraction of sp³-hybridized carbons (Fsp3) is 0.500. The summed E-state index contributed by atoms with van der Waals surface area (Å²) in [6.07, 6.45) is 0. The largest absolute Gasteiger partial charge is 0.397 e. The summed E-state index contributed by atoms with van der Waals surface area (Å²) >= 11 is 5.43. The van der Waals surface area contributed by atoms with Crippen LogP contribution in [0.25, 0.3) is 10.8 Å². The smallest absolute Gasteiger partial charge is 0.270 e. The van der Waals surface area contributed by atoms with Gasteiger partial charge in [-0.1, -0.05) is 19.0 Å². The van der Waals surface area contributed by atoms with Gasteiger partial charge >= 0.3 is 0 Å². The maximum absolute atomic E-state index is 5.87. The van der Waals surface area contributed by atoms with Crippen molar-refractivity contribution >= 4 is 40.5 Å². The van der Waals surface area contributed by atoms with Crippen LogP contribution < -0.4 is 5.73 Å². The molecule has 1 saturated heterocycles. The number of thioether (sulfide) groups is 2. The topological polar surface area (TPSA) is 64.9 Å².